The van der Waals surface area contributed by atoms with E-state index in [0.29, 0.717) is 0 Å². The second-order valence-corrected chi connectivity index (χ2v) is 11.3. The summed E-state index contributed by atoms with van der Waals surface area (Å²) in [7, 11) is 0. The van der Waals surface area contributed by atoms with E-state index in [9.17, 15) is 0 Å². The van der Waals surface area contributed by atoms with Crippen LogP contribution in [0.15, 0.2) is 0 Å². The Morgan fingerprint density at radius 1 is 0.421 bits per heavy atom. The van der Waals surface area contributed by atoms with E-state index in [2.05, 4.69) is 0 Å². The Morgan fingerprint density at radius 3 is 1.05 bits per heavy atom. The summed E-state index contributed by atoms with van der Waals surface area (Å²) in [4.78, 5) is -10.1. The summed E-state index contributed by atoms with van der Waals surface area (Å²) >= 11 is 59.1. The largest absolute Gasteiger partial charge is 0.320 e. The first kappa shape index (κ1) is 14.0. The van der Waals surface area contributed by atoms with Gasteiger partial charge in [0.05, 0.1) is 5.54 Å². The second-order valence-electron chi connectivity index (χ2n) is 5.99. The first-order chi connectivity index (χ1) is 8.25. The molecule has 0 amide bonds. The van der Waals surface area contributed by atoms with Crippen molar-refractivity contribution in [1.29, 1.82) is 0 Å². The minimum absolute atomic E-state index is 1.27. The van der Waals surface area contributed by atoms with Gasteiger partial charge in [-0.05, 0) is 0 Å². The SMILES string of the molecule is NC12C3(Cl)C4(Cl)C(Cl)(Cl)C5(Cl)C3(Cl)C1(Cl)C5(Cl)C24Cl. The molecule has 19 heavy (non-hydrogen) atoms. The molecule has 10 heteroatoms. The molecule has 0 aromatic carbocycles. The molecule has 0 saturated heterocycles. The molecule has 0 aromatic rings. The van der Waals surface area contributed by atoms with Gasteiger partial charge >= 0.3 is 0 Å². The van der Waals surface area contributed by atoms with Gasteiger partial charge in [0.25, 0.3) is 0 Å². The zero-order valence-electron chi connectivity index (χ0n) is 8.48. The Morgan fingerprint density at radius 2 is 0.684 bits per heavy atom. The molecule has 0 heterocycles. The summed E-state index contributed by atoms with van der Waals surface area (Å²) in [5.74, 6) is 0. The average molecular weight is 443 g/mol. The molecule has 6 rings (SSSR count). The van der Waals surface area contributed by atoms with Crippen molar-refractivity contribution in [2.75, 3.05) is 0 Å². The Hall–Kier alpha value is 2.57. The van der Waals surface area contributed by atoms with Gasteiger partial charge in [0, 0.05) is 0 Å². The molecule has 106 valence electrons. The van der Waals surface area contributed by atoms with Gasteiger partial charge in [0.1, 0.15) is 34.1 Å². The second kappa shape index (κ2) is 2.46. The monoisotopic (exact) mass is 439 g/mol. The molecule has 4 unspecified atom stereocenters. The molecule has 2 bridgehead atoms. The van der Waals surface area contributed by atoms with Gasteiger partial charge in [0.2, 0.25) is 0 Å². The third-order valence-electron chi connectivity index (χ3n) is 6.29. The zero-order valence-corrected chi connectivity index (χ0v) is 15.3. The quantitative estimate of drug-likeness (QED) is 0.567. The van der Waals surface area contributed by atoms with Crippen LogP contribution in [-0.2, 0) is 0 Å². The summed E-state index contributed by atoms with van der Waals surface area (Å²) in [6.07, 6.45) is 0. The highest BCUT2D eigenvalue weighted by molar-refractivity contribution is 6.78. The van der Waals surface area contributed by atoms with E-state index in [0.717, 1.165) is 0 Å². The predicted molar refractivity (Wildman–Crippen MR) is 81.4 cm³/mol. The van der Waals surface area contributed by atoms with Gasteiger partial charge in [-0.2, -0.15) is 0 Å². The summed E-state index contributed by atoms with van der Waals surface area (Å²) in [5, 5.41) is 0. The van der Waals surface area contributed by atoms with Gasteiger partial charge in [0.15, 0.2) is 4.33 Å². The molecule has 6 aliphatic rings. The van der Waals surface area contributed by atoms with Crippen molar-refractivity contribution < 1.29 is 0 Å². The number of hydrogen-bond donors (Lipinski definition) is 1. The fraction of sp³-hybridized carbons (Fsp3) is 1.00. The molecule has 4 atom stereocenters. The van der Waals surface area contributed by atoms with Crippen LogP contribution in [-0.4, -0.2) is 44.0 Å². The maximum absolute atomic E-state index is 6.62. The van der Waals surface area contributed by atoms with Crippen LogP contribution in [0.2, 0.25) is 0 Å². The van der Waals surface area contributed by atoms with Gasteiger partial charge < -0.3 is 5.73 Å². The third kappa shape index (κ3) is 0.496. The standard InChI is InChI=1S/C9H2Cl9N/c10-1-3(12)2(11)5(14)7(16,4(1,13)8(3,5)19)9(17,18)6(1,2)15/h19H2. The fourth-order valence-corrected chi connectivity index (χ4v) is 13.8. The Labute approximate surface area is 153 Å². The van der Waals surface area contributed by atoms with Gasteiger partial charge in [-0.25, -0.2) is 0 Å². The highest BCUT2D eigenvalue weighted by atomic mass is 35.5. The Balaban J connectivity index is 2.02. The molecule has 0 spiro atoms. The normalized spacial score (nSPS) is 87.5. The first-order valence-corrected chi connectivity index (χ1v) is 8.64. The third-order valence-corrected chi connectivity index (χ3v) is 14.6. The molecule has 0 aliphatic heterocycles. The van der Waals surface area contributed by atoms with Crippen molar-refractivity contribution in [3.05, 3.63) is 0 Å². The molecule has 6 saturated carbocycles. The molecule has 1 nitrogen and oxygen atoms in total. The van der Waals surface area contributed by atoms with Crippen LogP contribution in [0.4, 0.5) is 0 Å². The van der Waals surface area contributed by atoms with E-state index in [-0.39, 0.29) is 0 Å². The molecule has 6 aliphatic carbocycles. The van der Waals surface area contributed by atoms with Gasteiger partial charge in [-0.1, -0.05) is 23.2 Å². The van der Waals surface area contributed by atoms with Crippen LogP contribution in [0.3, 0.4) is 0 Å². The summed E-state index contributed by atoms with van der Waals surface area (Å²) in [6, 6.07) is 0. The minimum atomic E-state index is -1.76. The number of alkyl halides is 9. The summed E-state index contributed by atoms with van der Waals surface area (Å²) in [6.45, 7) is 0. The minimum Gasteiger partial charge on any atom is -0.320 e. The lowest BCUT2D eigenvalue weighted by atomic mass is 9.13. The van der Waals surface area contributed by atoms with E-state index in [4.69, 9.17) is 110 Å². The van der Waals surface area contributed by atoms with E-state index in [1.807, 2.05) is 0 Å². The topological polar surface area (TPSA) is 26.0 Å². The van der Waals surface area contributed by atoms with E-state index >= 15 is 0 Å². The summed E-state index contributed by atoms with van der Waals surface area (Å²) in [5.41, 5.74) is 5.03. The van der Waals surface area contributed by atoms with Crippen LogP contribution in [0.25, 0.3) is 0 Å². The fourth-order valence-electron chi connectivity index (χ4n) is 5.81. The highest BCUT2D eigenvalue weighted by Crippen LogP contribution is 3.15. The molecule has 2 N–H and O–H groups in total. The zero-order chi connectivity index (χ0) is 14.5. The van der Waals surface area contributed by atoms with Crippen molar-refractivity contribution in [2.24, 2.45) is 5.73 Å². The van der Waals surface area contributed by atoms with Crippen molar-refractivity contribution in [1.82, 2.24) is 0 Å². The maximum Gasteiger partial charge on any atom is 0.163 e. The molecular formula is C9H2Cl9N. The molecule has 6 fully saturated rings. The van der Waals surface area contributed by atoms with Gasteiger partial charge in [-0.3, -0.25) is 0 Å². The predicted octanol–water partition coefficient (Wildman–Crippen LogP) is 3.77. The smallest absolute Gasteiger partial charge is 0.163 e. The first-order valence-electron chi connectivity index (χ1n) is 5.24. The van der Waals surface area contributed by atoms with Crippen LogP contribution in [0.1, 0.15) is 0 Å². The van der Waals surface area contributed by atoms with Crippen molar-refractivity contribution in [3.63, 3.8) is 0 Å². The lowest BCUT2D eigenvalue weighted by molar-refractivity contribution is -0.284. The van der Waals surface area contributed by atoms with Crippen LogP contribution < -0.4 is 5.73 Å². The van der Waals surface area contributed by atoms with Crippen molar-refractivity contribution in [2.45, 2.75) is 44.0 Å². The van der Waals surface area contributed by atoms with Crippen LogP contribution in [0.5, 0.6) is 0 Å². The Bertz CT molecular complexity index is 549. The highest BCUT2D eigenvalue weighted by Gasteiger charge is 3.36. The van der Waals surface area contributed by atoms with Gasteiger partial charge in [-0.15, -0.1) is 81.2 Å². The number of halogens is 9. The Kier molecular flexibility index (Phi) is 1.81. The average Bonchev–Trinajstić information content (AvgIpc) is 2.44. The number of hydrogen-bond acceptors (Lipinski definition) is 1. The lowest BCUT2D eigenvalue weighted by Gasteiger charge is -3.05. The lowest BCUT2D eigenvalue weighted by Crippen LogP contribution is -3.30. The van der Waals surface area contributed by atoms with Crippen molar-refractivity contribution in [3.8, 4) is 0 Å². The molecular weight excluding hydrogens is 441 g/mol. The molecule has 0 radical (unpaired) electrons. The maximum atomic E-state index is 6.62. The molecule has 0 aromatic heterocycles. The van der Waals surface area contributed by atoms with E-state index in [1.165, 1.54) is 0 Å². The summed E-state index contributed by atoms with van der Waals surface area (Å²) < 4.78 is -1.76. The van der Waals surface area contributed by atoms with E-state index < -0.39 is 44.0 Å². The number of nitrogens with two attached hydrogens (primary N) is 1. The number of rotatable bonds is 0. The van der Waals surface area contributed by atoms with Crippen LogP contribution >= 0.6 is 104 Å². The van der Waals surface area contributed by atoms with E-state index in [1.54, 1.807) is 0 Å². The van der Waals surface area contributed by atoms with Crippen molar-refractivity contribution >= 4 is 104 Å². The van der Waals surface area contributed by atoms with Crippen LogP contribution in [0, 0.1) is 0 Å².